The second-order valence-electron chi connectivity index (χ2n) is 7.33. The molecule has 0 aliphatic carbocycles. The number of hydrazone groups is 1. The third-order valence-electron chi connectivity index (χ3n) is 5.09. The van der Waals surface area contributed by atoms with E-state index in [9.17, 15) is 4.79 Å². The minimum absolute atomic E-state index is 0.0221. The number of benzene rings is 2. The molecule has 4 aromatic rings. The molecule has 0 radical (unpaired) electrons. The first-order valence-corrected chi connectivity index (χ1v) is 10.3. The highest BCUT2D eigenvalue weighted by Gasteiger charge is 2.25. The van der Waals surface area contributed by atoms with E-state index in [1.54, 1.807) is 14.0 Å². The molecule has 12 nitrogen and oxygen atoms in total. The SMILES string of the molecule is COc1ccc(C(C)=NNC(=O)c2nnn(-c3nonc3N)c2CN(C)c2ccccc2)cc1. The van der Waals surface area contributed by atoms with Crippen molar-refractivity contribution >= 4 is 23.1 Å². The fourth-order valence-electron chi connectivity index (χ4n) is 3.21. The molecular weight excluding hydrogens is 438 g/mol. The number of nitrogens with one attached hydrogen (secondary N) is 1. The van der Waals surface area contributed by atoms with Crippen molar-refractivity contribution in [2.24, 2.45) is 5.10 Å². The Morgan fingerprint density at radius 1 is 1.18 bits per heavy atom. The smallest absolute Gasteiger partial charge is 0.293 e. The molecule has 34 heavy (non-hydrogen) atoms. The van der Waals surface area contributed by atoms with Gasteiger partial charge in [0.1, 0.15) is 5.75 Å². The third kappa shape index (κ3) is 4.70. The summed E-state index contributed by atoms with van der Waals surface area (Å²) in [5, 5.41) is 19.7. The van der Waals surface area contributed by atoms with Gasteiger partial charge in [0.15, 0.2) is 5.69 Å². The zero-order valence-electron chi connectivity index (χ0n) is 18.8. The Morgan fingerprint density at radius 3 is 2.56 bits per heavy atom. The van der Waals surface area contributed by atoms with Crippen LogP contribution in [0.5, 0.6) is 5.75 Å². The number of amides is 1. The number of methoxy groups -OCH3 is 1. The number of nitrogen functional groups attached to an aromatic ring is 1. The van der Waals surface area contributed by atoms with Crippen LogP contribution >= 0.6 is 0 Å². The number of anilines is 2. The van der Waals surface area contributed by atoms with Crippen molar-refractivity contribution in [3.8, 4) is 11.6 Å². The minimum Gasteiger partial charge on any atom is -0.497 e. The Morgan fingerprint density at radius 2 is 1.91 bits per heavy atom. The first-order valence-electron chi connectivity index (χ1n) is 10.3. The average Bonchev–Trinajstić information content (AvgIpc) is 3.48. The number of nitrogens with two attached hydrogens (primary N) is 1. The number of aromatic nitrogens is 5. The van der Waals surface area contributed by atoms with Crippen LogP contribution in [0.1, 0.15) is 28.7 Å². The molecule has 174 valence electrons. The molecule has 0 unspecified atom stereocenters. The van der Waals surface area contributed by atoms with Gasteiger partial charge in [-0.25, -0.2) is 10.1 Å². The Bertz CT molecular complexity index is 1300. The van der Waals surface area contributed by atoms with Crippen molar-refractivity contribution in [2.75, 3.05) is 24.8 Å². The maximum Gasteiger partial charge on any atom is 0.293 e. The lowest BCUT2D eigenvalue weighted by Gasteiger charge is -2.19. The fraction of sp³-hybridized carbons (Fsp3) is 0.182. The number of hydrogen-bond acceptors (Lipinski definition) is 10. The van der Waals surface area contributed by atoms with Gasteiger partial charge < -0.3 is 15.4 Å². The fourth-order valence-corrected chi connectivity index (χ4v) is 3.21. The van der Waals surface area contributed by atoms with Gasteiger partial charge in [0, 0.05) is 12.7 Å². The second-order valence-corrected chi connectivity index (χ2v) is 7.33. The van der Waals surface area contributed by atoms with Crippen molar-refractivity contribution in [3.05, 3.63) is 71.5 Å². The molecule has 2 aromatic carbocycles. The van der Waals surface area contributed by atoms with E-state index in [0.717, 1.165) is 17.0 Å². The standard InChI is InChI=1S/C22H23N9O3/c1-14(15-9-11-17(33-3)12-10-15)24-26-22(32)19-18(13-30(2)16-7-5-4-6-8-16)31(29-25-19)21-20(23)27-34-28-21/h4-12H,13H2,1-3H3,(H2,23,27)(H,26,32). The summed E-state index contributed by atoms with van der Waals surface area (Å²) in [6.45, 7) is 2.05. The Labute approximate surface area is 195 Å². The van der Waals surface area contributed by atoms with Crippen molar-refractivity contribution in [1.29, 1.82) is 0 Å². The van der Waals surface area contributed by atoms with Crippen LogP contribution in [0.25, 0.3) is 5.82 Å². The first kappa shape index (κ1) is 22.5. The summed E-state index contributed by atoms with van der Waals surface area (Å²) in [7, 11) is 3.48. The maximum atomic E-state index is 13.0. The normalized spacial score (nSPS) is 11.3. The van der Waals surface area contributed by atoms with E-state index >= 15 is 0 Å². The molecule has 0 fully saturated rings. The van der Waals surface area contributed by atoms with Gasteiger partial charge in [-0.2, -0.15) is 9.78 Å². The van der Waals surface area contributed by atoms with Crippen molar-refractivity contribution in [3.63, 3.8) is 0 Å². The molecule has 0 atom stereocenters. The van der Waals surface area contributed by atoms with Crippen LogP contribution in [0.15, 0.2) is 64.3 Å². The van der Waals surface area contributed by atoms with E-state index in [2.05, 4.69) is 31.2 Å². The third-order valence-corrected chi connectivity index (χ3v) is 5.09. The van der Waals surface area contributed by atoms with Crippen molar-refractivity contribution < 1.29 is 14.2 Å². The quantitative estimate of drug-likeness (QED) is 0.297. The van der Waals surface area contributed by atoms with Gasteiger partial charge >= 0.3 is 0 Å². The molecule has 2 aromatic heterocycles. The largest absolute Gasteiger partial charge is 0.497 e. The molecule has 1 amide bonds. The molecule has 0 bridgehead atoms. The van der Waals surface area contributed by atoms with Gasteiger partial charge in [0.2, 0.25) is 11.6 Å². The van der Waals surface area contributed by atoms with E-state index in [0.29, 0.717) is 11.4 Å². The zero-order valence-corrected chi connectivity index (χ0v) is 18.8. The summed E-state index contributed by atoms with van der Waals surface area (Å²) < 4.78 is 11.2. The van der Waals surface area contributed by atoms with Crippen LogP contribution in [0, 0.1) is 0 Å². The Hall–Kier alpha value is -4.74. The van der Waals surface area contributed by atoms with Crippen LogP contribution < -0.4 is 20.8 Å². The van der Waals surface area contributed by atoms with Crippen molar-refractivity contribution in [1.82, 2.24) is 30.7 Å². The molecule has 2 heterocycles. The van der Waals surface area contributed by atoms with Crippen LogP contribution in [-0.4, -0.2) is 51.1 Å². The Balaban J connectivity index is 1.62. The molecule has 12 heteroatoms. The number of hydrogen-bond donors (Lipinski definition) is 2. The van der Waals surface area contributed by atoms with E-state index in [1.807, 2.05) is 66.5 Å². The van der Waals surface area contributed by atoms with Gasteiger partial charge in [-0.05, 0) is 59.2 Å². The molecular formula is C22H23N9O3. The number of ether oxygens (including phenoxy) is 1. The molecule has 0 aliphatic heterocycles. The summed E-state index contributed by atoms with van der Waals surface area (Å²) in [4.78, 5) is 15.0. The lowest BCUT2D eigenvalue weighted by molar-refractivity contribution is 0.0948. The van der Waals surface area contributed by atoms with Gasteiger partial charge in [-0.15, -0.1) is 5.10 Å². The molecule has 4 rings (SSSR count). The number of para-hydroxylation sites is 1. The van der Waals surface area contributed by atoms with Crippen LogP contribution in [-0.2, 0) is 6.54 Å². The molecule has 0 saturated heterocycles. The van der Waals surface area contributed by atoms with Crippen LogP contribution in [0.4, 0.5) is 11.5 Å². The number of rotatable bonds is 8. The van der Waals surface area contributed by atoms with E-state index in [4.69, 9.17) is 15.1 Å². The second kappa shape index (κ2) is 9.81. The molecule has 3 N–H and O–H groups in total. The highest BCUT2D eigenvalue weighted by Crippen LogP contribution is 2.20. The van der Waals surface area contributed by atoms with Gasteiger partial charge in [0.25, 0.3) is 5.91 Å². The highest BCUT2D eigenvalue weighted by atomic mass is 16.6. The molecule has 0 spiro atoms. The van der Waals surface area contributed by atoms with Gasteiger partial charge in [-0.1, -0.05) is 23.4 Å². The van der Waals surface area contributed by atoms with E-state index in [1.165, 1.54) is 4.68 Å². The number of nitrogens with zero attached hydrogens (tertiary/aromatic N) is 7. The predicted molar refractivity (Wildman–Crippen MR) is 125 cm³/mol. The highest BCUT2D eigenvalue weighted by molar-refractivity contribution is 6.00. The summed E-state index contributed by atoms with van der Waals surface area (Å²) in [5.74, 6) is 0.353. The first-order chi connectivity index (χ1) is 16.5. The summed E-state index contributed by atoms with van der Waals surface area (Å²) in [6, 6.07) is 17.0. The molecule has 0 saturated carbocycles. The van der Waals surface area contributed by atoms with E-state index in [-0.39, 0.29) is 23.9 Å². The predicted octanol–water partition coefficient (Wildman–Crippen LogP) is 2.03. The monoisotopic (exact) mass is 461 g/mol. The average molecular weight is 461 g/mol. The lowest BCUT2D eigenvalue weighted by Crippen LogP contribution is -2.25. The van der Waals surface area contributed by atoms with Crippen LogP contribution in [0.3, 0.4) is 0 Å². The maximum absolute atomic E-state index is 13.0. The van der Waals surface area contributed by atoms with Crippen molar-refractivity contribution in [2.45, 2.75) is 13.5 Å². The topological polar surface area (TPSA) is 150 Å². The summed E-state index contributed by atoms with van der Waals surface area (Å²) in [6.07, 6.45) is 0. The van der Waals surface area contributed by atoms with Gasteiger partial charge in [-0.3, -0.25) is 4.79 Å². The van der Waals surface area contributed by atoms with E-state index < -0.39 is 5.91 Å². The number of carbonyl (C=O) groups excluding carboxylic acids is 1. The minimum atomic E-state index is -0.536. The Kier molecular flexibility index (Phi) is 6.48. The number of carbonyl (C=O) groups is 1. The molecule has 0 aliphatic rings. The van der Waals surface area contributed by atoms with Crippen LogP contribution in [0.2, 0.25) is 0 Å². The van der Waals surface area contributed by atoms with Gasteiger partial charge in [0.05, 0.1) is 25.1 Å². The summed E-state index contributed by atoms with van der Waals surface area (Å²) >= 11 is 0. The zero-order chi connectivity index (χ0) is 24.1. The summed E-state index contributed by atoms with van der Waals surface area (Å²) in [5.41, 5.74) is 11.3. The lowest BCUT2D eigenvalue weighted by atomic mass is 10.1.